The second kappa shape index (κ2) is 11.3. The first-order valence-corrected chi connectivity index (χ1v) is 14.6. The maximum absolute atomic E-state index is 13.3. The van der Waals surface area contributed by atoms with Gasteiger partial charge in [0.2, 0.25) is 0 Å². The third kappa shape index (κ3) is 5.14. The number of esters is 2. The van der Waals surface area contributed by atoms with E-state index in [-0.39, 0.29) is 30.9 Å². The maximum Gasteiger partial charge on any atom is 0.308 e. The largest absolute Gasteiger partial charge is 0.459 e. The van der Waals surface area contributed by atoms with Crippen molar-refractivity contribution in [2.75, 3.05) is 14.1 Å². The number of rotatable bonds is 6. The lowest BCUT2D eigenvalue weighted by atomic mass is 9.48. The van der Waals surface area contributed by atoms with Crippen LogP contribution < -0.4 is 0 Å². The number of aliphatic hydroxyl groups is 3. The van der Waals surface area contributed by atoms with Gasteiger partial charge < -0.3 is 29.7 Å². The summed E-state index contributed by atoms with van der Waals surface area (Å²) in [7, 11) is 3.78. The fourth-order valence-electron chi connectivity index (χ4n) is 7.74. The minimum Gasteiger partial charge on any atom is -0.459 e. The van der Waals surface area contributed by atoms with Gasteiger partial charge in [0.05, 0.1) is 12.5 Å². The molecule has 0 unspecified atom stereocenters. The van der Waals surface area contributed by atoms with Gasteiger partial charge in [-0.2, -0.15) is 0 Å². The molecular formula is C33H45NO8. The Labute approximate surface area is 248 Å². The molecule has 0 heterocycles. The van der Waals surface area contributed by atoms with Crippen molar-refractivity contribution in [3.63, 3.8) is 0 Å². The van der Waals surface area contributed by atoms with Crippen LogP contribution in [-0.2, 0) is 23.9 Å². The van der Waals surface area contributed by atoms with E-state index >= 15 is 0 Å². The van der Waals surface area contributed by atoms with E-state index in [2.05, 4.69) is 6.58 Å². The van der Waals surface area contributed by atoms with Crippen molar-refractivity contribution in [1.29, 1.82) is 0 Å². The van der Waals surface area contributed by atoms with E-state index in [4.69, 9.17) is 9.47 Å². The van der Waals surface area contributed by atoms with E-state index in [0.717, 1.165) is 5.56 Å². The van der Waals surface area contributed by atoms with Gasteiger partial charge in [-0.1, -0.05) is 57.7 Å². The molecule has 0 aliphatic heterocycles. The van der Waals surface area contributed by atoms with Gasteiger partial charge in [-0.05, 0) is 56.1 Å². The summed E-state index contributed by atoms with van der Waals surface area (Å²) in [4.78, 5) is 40.7. The smallest absolute Gasteiger partial charge is 0.308 e. The van der Waals surface area contributed by atoms with Crippen molar-refractivity contribution in [3.05, 3.63) is 59.2 Å². The average Bonchev–Trinajstić information content (AvgIpc) is 2.90. The second-order valence-corrected chi connectivity index (χ2v) is 13.3. The predicted molar refractivity (Wildman–Crippen MR) is 156 cm³/mol. The lowest BCUT2D eigenvalue weighted by molar-refractivity contribution is -0.223. The number of Topliss-reactive ketones (excluding diaryl/α,β-unsaturated/α-hetero) is 1. The lowest BCUT2D eigenvalue weighted by Crippen LogP contribution is -2.69. The Bertz CT molecular complexity index is 1290. The summed E-state index contributed by atoms with van der Waals surface area (Å²) in [5.41, 5.74) is -2.47. The Hall–Kier alpha value is -2.85. The van der Waals surface area contributed by atoms with E-state index in [9.17, 15) is 29.7 Å². The van der Waals surface area contributed by atoms with E-state index in [1.54, 1.807) is 27.7 Å². The van der Waals surface area contributed by atoms with Crippen molar-refractivity contribution in [2.45, 2.75) is 96.4 Å². The van der Waals surface area contributed by atoms with Crippen molar-refractivity contribution in [3.8, 4) is 0 Å². The van der Waals surface area contributed by atoms with Crippen LogP contribution in [0.5, 0.6) is 0 Å². The second-order valence-electron chi connectivity index (χ2n) is 13.3. The number of fused-ring (bicyclic) bond motifs is 3. The molecule has 230 valence electrons. The van der Waals surface area contributed by atoms with Gasteiger partial charge in [-0.3, -0.25) is 14.4 Å². The monoisotopic (exact) mass is 583 g/mol. The van der Waals surface area contributed by atoms with Crippen LogP contribution in [0.4, 0.5) is 0 Å². The van der Waals surface area contributed by atoms with Crippen LogP contribution in [-0.4, -0.2) is 82.1 Å². The summed E-state index contributed by atoms with van der Waals surface area (Å²) in [6.45, 7) is 12.2. The number of nitrogens with zero attached hydrogens (tertiary/aromatic N) is 1. The normalized spacial score (nSPS) is 35.2. The third-order valence-electron chi connectivity index (χ3n) is 10.2. The van der Waals surface area contributed by atoms with Gasteiger partial charge in [-0.25, -0.2) is 0 Å². The van der Waals surface area contributed by atoms with Crippen molar-refractivity contribution < 1.29 is 39.2 Å². The summed E-state index contributed by atoms with van der Waals surface area (Å²) >= 11 is 0. The van der Waals surface area contributed by atoms with E-state index in [1.165, 1.54) is 6.92 Å². The fraction of sp³-hybridized carbons (Fsp3) is 0.606. The number of ketones is 1. The molecule has 2 fully saturated rings. The van der Waals surface area contributed by atoms with E-state index < -0.39 is 64.5 Å². The highest BCUT2D eigenvalue weighted by Gasteiger charge is 2.67. The van der Waals surface area contributed by atoms with Gasteiger partial charge in [0.25, 0.3) is 0 Å². The molecule has 1 aromatic rings. The van der Waals surface area contributed by atoms with Gasteiger partial charge in [0.1, 0.15) is 23.9 Å². The molecule has 3 aliphatic rings. The molecule has 0 radical (unpaired) electrons. The molecular weight excluding hydrogens is 538 g/mol. The number of ether oxygens (including phenoxy) is 2. The first-order valence-electron chi connectivity index (χ1n) is 14.6. The van der Waals surface area contributed by atoms with Crippen molar-refractivity contribution in [1.82, 2.24) is 4.90 Å². The van der Waals surface area contributed by atoms with Gasteiger partial charge in [0.15, 0.2) is 5.78 Å². The number of hydrogen-bond acceptors (Lipinski definition) is 9. The molecule has 3 N–H and O–H groups in total. The number of allylic oxidation sites excluding steroid dienone is 1. The van der Waals surface area contributed by atoms with Crippen LogP contribution in [0.2, 0.25) is 0 Å². The average molecular weight is 584 g/mol. The molecule has 3 aliphatic carbocycles. The van der Waals surface area contributed by atoms with E-state index in [0.29, 0.717) is 17.6 Å². The minimum absolute atomic E-state index is 0.0823. The molecule has 8 atom stereocenters. The Morgan fingerprint density at radius 1 is 1.12 bits per heavy atom. The zero-order valence-corrected chi connectivity index (χ0v) is 25.7. The molecule has 0 saturated heterocycles. The van der Waals surface area contributed by atoms with E-state index in [1.807, 2.05) is 49.3 Å². The number of carbonyl (C=O) groups excluding carboxylic acids is 3. The molecule has 4 rings (SSSR count). The minimum atomic E-state index is -1.97. The highest BCUT2D eigenvalue weighted by Crippen LogP contribution is 2.60. The molecule has 0 amide bonds. The Balaban J connectivity index is 1.72. The highest BCUT2D eigenvalue weighted by molar-refractivity contribution is 5.98. The number of hydrogen-bond donors (Lipinski definition) is 3. The van der Waals surface area contributed by atoms with Crippen LogP contribution in [0.15, 0.2) is 53.6 Å². The number of carbonyl (C=O) groups is 3. The molecule has 1 aromatic carbocycles. The summed E-state index contributed by atoms with van der Waals surface area (Å²) in [6, 6.07) is 9.41. The van der Waals surface area contributed by atoms with Crippen LogP contribution in [0.1, 0.15) is 71.9 Å². The third-order valence-corrected chi connectivity index (χ3v) is 10.2. The molecule has 0 aromatic heterocycles. The summed E-state index contributed by atoms with van der Waals surface area (Å²) < 4.78 is 11.8. The summed E-state index contributed by atoms with van der Waals surface area (Å²) in [6.07, 6.45) is -4.58. The predicted octanol–water partition coefficient (Wildman–Crippen LogP) is 3.28. The van der Waals surface area contributed by atoms with Gasteiger partial charge in [-0.15, -0.1) is 0 Å². The summed E-state index contributed by atoms with van der Waals surface area (Å²) in [5.74, 6) is -2.46. The molecule has 0 spiro atoms. The van der Waals surface area contributed by atoms with Gasteiger partial charge in [0, 0.05) is 36.1 Å². The van der Waals surface area contributed by atoms with Crippen LogP contribution >= 0.6 is 0 Å². The zero-order valence-electron chi connectivity index (χ0n) is 25.7. The van der Waals surface area contributed by atoms with Crippen LogP contribution in [0.25, 0.3) is 0 Å². The lowest BCUT2D eigenvalue weighted by Gasteiger charge is -2.61. The molecule has 9 nitrogen and oxygen atoms in total. The first-order chi connectivity index (χ1) is 19.5. The maximum atomic E-state index is 13.3. The topological polar surface area (TPSA) is 134 Å². The molecule has 42 heavy (non-hydrogen) atoms. The Morgan fingerprint density at radius 3 is 2.31 bits per heavy atom. The van der Waals surface area contributed by atoms with Crippen LogP contribution in [0, 0.1) is 16.7 Å². The van der Waals surface area contributed by atoms with Crippen LogP contribution in [0.3, 0.4) is 0 Å². The zero-order chi connectivity index (χ0) is 31.4. The highest BCUT2D eigenvalue weighted by atomic mass is 16.6. The van der Waals surface area contributed by atoms with Gasteiger partial charge >= 0.3 is 11.9 Å². The summed E-state index contributed by atoms with van der Waals surface area (Å²) in [5, 5.41) is 36.0. The van der Waals surface area contributed by atoms with Crippen molar-refractivity contribution in [2.24, 2.45) is 16.7 Å². The SMILES string of the molecule is C=C1[C@@H](OC(=O)C[C@H](c2ccccc2)N(C)C)CC[C@@]2(C)[C@@H](OC(C)=O)[C@H](O)C3=C(C)C(=O)C[C@@](O)([C@@H](O)[C@H]12)C3(C)C. The quantitative estimate of drug-likeness (QED) is 0.341. The Kier molecular flexibility index (Phi) is 8.66. The first kappa shape index (κ1) is 32.1. The van der Waals surface area contributed by atoms with Crippen molar-refractivity contribution >= 4 is 17.7 Å². The fourth-order valence-corrected chi connectivity index (χ4v) is 7.74. The number of aliphatic hydroxyl groups excluding tert-OH is 2. The molecule has 9 heteroatoms. The molecule has 2 saturated carbocycles. The standard InChI is InChI=1S/C33H45NO8/c1-18-23(36)17-33(40)29(39)27-19(2)24(42-25(37)16-22(34(7)8)21-12-10-9-11-13-21)14-15-32(27,6)30(41-20(3)35)28(38)26(18)31(33,4)5/h9-13,22,24,27-30,38-40H,2,14-17H2,1,3-8H3/t22-,24+,27+,28-,29+,30+,32-,33-/m1/s1. The molecule has 2 bridgehead atoms. The Morgan fingerprint density at radius 2 is 1.74 bits per heavy atom. The number of benzene rings is 1.